The van der Waals surface area contributed by atoms with E-state index >= 15 is 0 Å². The molecule has 0 aromatic carbocycles. The van der Waals surface area contributed by atoms with Gasteiger partial charge in [0.25, 0.3) is 0 Å². The van der Waals surface area contributed by atoms with Gasteiger partial charge in [0, 0.05) is 19.3 Å². The van der Waals surface area contributed by atoms with Crippen LogP contribution in [-0.4, -0.2) is 37.0 Å². The van der Waals surface area contributed by atoms with E-state index in [1.807, 2.05) is 0 Å². The molecule has 2 N–H and O–H groups in total. The molecule has 0 amide bonds. The molecule has 0 aliphatic heterocycles. The predicted molar refractivity (Wildman–Crippen MR) is 71.9 cm³/mol. The molecular weight excluding hydrogens is 274 g/mol. The molecule has 0 aliphatic carbocycles. The van der Waals surface area contributed by atoms with Crippen LogP contribution in [0.1, 0.15) is 29.1 Å². The molecule has 1 heterocycles. The molecule has 0 fully saturated rings. The first-order valence-corrected chi connectivity index (χ1v) is 8.12. The fourth-order valence-corrected chi connectivity index (χ4v) is 2.42. The van der Waals surface area contributed by atoms with Gasteiger partial charge in [0.1, 0.15) is 4.88 Å². The minimum absolute atomic E-state index is 0.279. The average Bonchev–Trinajstić information content (AvgIpc) is 2.63. The minimum Gasteiger partial charge on any atom is -0.477 e. The molecule has 1 rings (SSSR count). The van der Waals surface area contributed by atoms with E-state index < -0.39 is 20.6 Å². The number of hydrogen-bond donors (Lipinski definition) is 2. The van der Waals surface area contributed by atoms with Crippen molar-refractivity contribution in [1.82, 2.24) is 5.32 Å². The molecule has 18 heavy (non-hydrogen) atoms. The third kappa shape index (κ3) is 3.54. The summed E-state index contributed by atoms with van der Waals surface area (Å²) in [7, 11) is -3.15. The van der Waals surface area contributed by atoms with Crippen LogP contribution < -0.4 is 5.32 Å². The Labute approximate surface area is 111 Å². The van der Waals surface area contributed by atoms with Crippen LogP contribution in [-0.2, 0) is 16.4 Å². The number of carboxylic acid groups (broad SMARTS) is 1. The second-order valence-electron chi connectivity index (χ2n) is 4.72. The maximum atomic E-state index is 11.5. The summed E-state index contributed by atoms with van der Waals surface area (Å²) in [6, 6.07) is 1.73. The third-order valence-corrected chi connectivity index (χ3v) is 5.91. The third-order valence-electron chi connectivity index (χ3n) is 2.81. The summed E-state index contributed by atoms with van der Waals surface area (Å²) in [6.45, 7) is 3.91. The topological polar surface area (TPSA) is 83.5 Å². The van der Waals surface area contributed by atoms with E-state index in [0.717, 1.165) is 11.3 Å². The zero-order valence-electron chi connectivity index (χ0n) is 10.6. The smallest absolute Gasteiger partial charge is 0.346 e. The van der Waals surface area contributed by atoms with Crippen molar-refractivity contribution in [3.8, 4) is 0 Å². The van der Waals surface area contributed by atoms with Crippen molar-refractivity contribution in [2.24, 2.45) is 0 Å². The van der Waals surface area contributed by atoms with Crippen LogP contribution in [0.4, 0.5) is 0 Å². The minimum atomic E-state index is -3.15. The van der Waals surface area contributed by atoms with E-state index in [9.17, 15) is 13.2 Å². The Morgan fingerprint density at radius 1 is 1.50 bits per heavy atom. The molecule has 0 saturated heterocycles. The van der Waals surface area contributed by atoms with Crippen LogP contribution in [0.2, 0.25) is 0 Å². The Balaban J connectivity index is 2.63. The maximum absolute atomic E-state index is 11.5. The highest BCUT2D eigenvalue weighted by Crippen LogP contribution is 2.18. The summed E-state index contributed by atoms with van der Waals surface area (Å²) < 4.78 is 22.1. The fourth-order valence-electron chi connectivity index (χ4n) is 1.29. The lowest BCUT2D eigenvalue weighted by Gasteiger charge is -2.22. The van der Waals surface area contributed by atoms with Gasteiger partial charge < -0.3 is 10.4 Å². The van der Waals surface area contributed by atoms with Crippen LogP contribution in [0.25, 0.3) is 0 Å². The van der Waals surface area contributed by atoms with Gasteiger partial charge in [0.05, 0.1) is 4.75 Å². The highest BCUT2D eigenvalue weighted by atomic mass is 32.2. The Morgan fingerprint density at radius 2 is 2.11 bits per heavy atom. The standard InChI is InChI=1S/C11H17NO4S2/c1-11(2,18(3,15)16)7-12-6-8-4-5-17-9(8)10(13)14/h4-5,12H,6-7H2,1-3H3,(H,13,14). The van der Waals surface area contributed by atoms with Gasteiger partial charge in [-0.1, -0.05) is 0 Å². The zero-order chi connectivity index (χ0) is 14.0. The lowest BCUT2D eigenvalue weighted by atomic mass is 10.2. The van der Waals surface area contributed by atoms with E-state index in [2.05, 4.69) is 5.32 Å². The summed E-state index contributed by atoms with van der Waals surface area (Å²) in [5, 5.41) is 13.6. The van der Waals surface area contributed by atoms with Crippen LogP contribution >= 0.6 is 11.3 Å². The number of aromatic carboxylic acids is 1. The zero-order valence-corrected chi connectivity index (χ0v) is 12.2. The van der Waals surface area contributed by atoms with Crippen LogP contribution in [0.5, 0.6) is 0 Å². The van der Waals surface area contributed by atoms with Crippen molar-refractivity contribution in [3.05, 3.63) is 21.9 Å². The Kier molecular flexibility index (Phi) is 4.52. The van der Waals surface area contributed by atoms with Gasteiger partial charge >= 0.3 is 5.97 Å². The number of thiophene rings is 1. The molecule has 0 atom stereocenters. The molecule has 0 unspecified atom stereocenters. The molecule has 0 bridgehead atoms. The van der Waals surface area contributed by atoms with Crippen molar-refractivity contribution < 1.29 is 18.3 Å². The van der Waals surface area contributed by atoms with E-state index in [1.54, 1.807) is 25.3 Å². The number of carbonyl (C=O) groups is 1. The molecule has 0 aliphatic rings. The Hall–Kier alpha value is -0.920. The van der Waals surface area contributed by atoms with Crippen LogP contribution in [0.3, 0.4) is 0 Å². The van der Waals surface area contributed by atoms with Gasteiger partial charge in [-0.3, -0.25) is 0 Å². The molecule has 0 radical (unpaired) electrons. The molecule has 7 heteroatoms. The molecule has 1 aromatic rings. The number of carboxylic acids is 1. The molecule has 102 valence electrons. The van der Waals surface area contributed by atoms with Crippen molar-refractivity contribution in [3.63, 3.8) is 0 Å². The van der Waals surface area contributed by atoms with Crippen LogP contribution in [0, 0.1) is 0 Å². The first-order chi connectivity index (χ1) is 8.15. The van der Waals surface area contributed by atoms with Crippen molar-refractivity contribution in [2.45, 2.75) is 25.1 Å². The summed E-state index contributed by atoms with van der Waals surface area (Å²) >= 11 is 1.16. The lowest BCUT2D eigenvalue weighted by molar-refractivity contribution is 0.0701. The second-order valence-corrected chi connectivity index (χ2v) is 8.28. The summed E-state index contributed by atoms with van der Waals surface area (Å²) in [5.41, 5.74) is 0.678. The largest absolute Gasteiger partial charge is 0.477 e. The van der Waals surface area contributed by atoms with Gasteiger partial charge in [-0.2, -0.15) is 0 Å². The number of hydrogen-bond acceptors (Lipinski definition) is 5. The second kappa shape index (κ2) is 5.38. The van der Waals surface area contributed by atoms with Gasteiger partial charge in [0.2, 0.25) is 0 Å². The number of nitrogens with one attached hydrogen (secondary N) is 1. The van der Waals surface area contributed by atoms with Crippen LogP contribution in [0.15, 0.2) is 11.4 Å². The molecule has 1 aromatic heterocycles. The molecule has 5 nitrogen and oxygen atoms in total. The quantitative estimate of drug-likeness (QED) is 0.827. The highest BCUT2D eigenvalue weighted by molar-refractivity contribution is 7.92. The molecular formula is C11H17NO4S2. The Morgan fingerprint density at radius 3 is 2.61 bits per heavy atom. The normalized spacial score (nSPS) is 12.6. The van der Waals surface area contributed by atoms with E-state index in [-0.39, 0.29) is 6.54 Å². The first kappa shape index (κ1) is 15.1. The maximum Gasteiger partial charge on any atom is 0.346 e. The van der Waals surface area contributed by atoms with Gasteiger partial charge in [0.15, 0.2) is 9.84 Å². The summed E-state index contributed by atoms with van der Waals surface area (Å²) in [5.74, 6) is -0.954. The van der Waals surface area contributed by atoms with E-state index in [1.165, 1.54) is 6.26 Å². The number of sulfone groups is 1. The predicted octanol–water partition coefficient (Wildman–Crippen LogP) is 1.36. The lowest BCUT2D eigenvalue weighted by Crippen LogP contribution is -2.41. The van der Waals surface area contributed by atoms with Gasteiger partial charge in [-0.05, 0) is 30.9 Å². The molecule has 0 saturated carbocycles. The SMILES string of the molecule is CC(C)(CNCc1ccsc1C(=O)O)S(C)(=O)=O. The van der Waals surface area contributed by atoms with E-state index in [4.69, 9.17) is 5.11 Å². The van der Waals surface area contributed by atoms with Crippen molar-refractivity contribution in [2.75, 3.05) is 12.8 Å². The highest BCUT2D eigenvalue weighted by Gasteiger charge is 2.29. The molecule has 0 spiro atoms. The number of rotatable bonds is 6. The average molecular weight is 291 g/mol. The van der Waals surface area contributed by atoms with Crippen molar-refractivity contribution >= 4 is 27.1 Å². The Bertz CT molecular complexity index is 531. The first-order valence-electron chi connectivity index (χ1n) is 5.35. The monoisotopic (exact) mass is 291 g/mol. The fraction of sp³-hybridized carbons (Fsp3) is 0.545. The van der Waals surface area contributed by atoms with Gasteiger partial charge in [-0.25, -0.2) is 13.2 Å². The van der Waals surface area contributed by atoms with Gasteiger partial charge in [-0.15, -0.1) is 11.3 Å². The summed E-state index contributed by atoms with van der Waals surface area (Å²) in [4.78, 5) is 11.2. The van der Waals surface area contributed by atoms with E-state index in [0.29, 0.717) is 17.0 Å². The van der Waals surface area contributed by atoms with Crippen molar-refractivity contribution in [1.29, 1.82) is 0 Å². The summed E-state index contributed by atoms with van der Waals surface area (Å²) in [6.07, 6.45) is 1.20.